The van der Waals surface area contributed by atoms with Crippen LogP contribution in [-0.2, 0) is 25.2 Å². The topological polar surface area (TPSA) is 125 Å². The molecule has 12 heteroatoms. The van der Waals surface area contributed by atoms with E-state index in [-0.39, 0.29) is 42.4 Å². The average Bonchev–Trinajstić information content (AvgIpc) is 3.03. The molecule has 0 fully saturated rings. The van der Waals surface area contributed by atoms with Gasteiger partial charge in [-0.25, -0.2) is 0 Å². The van der Waals surface area contributed by atoms with Crippen LogP contribution in [0.4, 0.5) is 5.69 Å². The molecule has 4 rings (SSSR count). The first kappa shape index (κ1) is 35.3. The summed E-state index contributed by atoms with van der Waals surface area (Å²) in [5, 5.41) is 5.87. The number of carbonyl (C=O) groups is 3. The molecule has 46 heavy (non-hydrogen) atoms. The molecule has 9 nitrogen and oxygen atoms in total. The van der Waals surface area contributed by atoms with Gasteiger partial charge in [-0.05, 0) is 54.8 Å². The standard InChI is InChI=1S/C34H38N3O6PS2/c1-25(26-12-16-29(17-13-26)34(40)36-20-7-22-43-44(2,41)42)46-45-23-21-35-32(38)18-19-33(39)37-24-30-10-4-3-8-27(30)14-15-28-9-5-6-11-31(28)37/h3-6,8-13,16-17,25H,7,18-24H2,1-2H3,(H,35,38)(H,36,40)(H,41,42). The Balaban J connectivity index is 1.15. The van der Waals surface area contributed by atoms with E-state index in [0.29, 0.717) is 37.4 Å². The van der Waals surface area contributed by atoms with E-state index < -0.39 is 7.60 Å². The number of fused-ring (bicyclic) bond motifs is 2. The van der Waals surface area contributed by atoms with E-state index in [2.05, 4.69) is 29.4 Å². The van der Waals surface area contributed by atoms with Crippen molar-refractivity contribution in [1.82, 2.24) is 10.6 Å². The molecule has 1 aliphatic rings. The molecule has 0 saturated carbocycles. The molecule has 2 atom stereocenters. The van der Waals surface area contributed by atoms with E-state index in [0.717, 1.165) is 34.6 Å². The molecular weight excluding hydrogens is 641 g/mol. The molecule has 242 valence electrons. The number of carbonyl (C=O) groups excluding carboxylic acids is 3. The molecule has 0 aliphatic carbocycles. The zero-order valence-electron chi connectivity index (χ0n) is 25.9. The van der Waals surface area contributed by atoms with Crippen molar-refractivity contribution in [1.29, 1.82) is 0 Å². The number of nitrogens with zero attached hydrogens (tertiary/aromatic N) is 1. The largest absolute Gasteiger partial charge is 0.355 e. The lowest BCUT2D eigenvalue weighted by atomic mass is 10.0. The van der Waals surface area contributed by atoms with Gasteiger partial charge in [-0.15, -0.1) is 0 Å². The first-order chi connectivity index (χ1) is 22.1. The third kappa shape index (κ3) is 11.1. The number of rotatable bonds is 15. The van der Waals surface area contributed by atoms with Crippen LogP contribution in [0, 0.1) is 11.8 Å². The zero-order valence-corrected chi connectivity index (χ0v) is 28.4. The molecule has 1 heterocycles. The minimum atomic E-state index is -3.50. The normalized spacial score (nSPS) is 13.8. The zero-order chi connectivity index (χ0) is 32.9. The van der Waals surface area contributed by atoms with Gasteiger partial charge in [0, 0.05) is 60.3 Å². The van der Waals surface area contributed by atoms with E-state index in [9.17, 15) is 18.9 Å². The maximum absolute atomic E-state index is 13.3. The summed E-state index contributed by atoms with van der Waals surface area (Å²) in [5.74, 6) is 6.62. The lowest BCUT2D eigenvalue weighted by Crippen LogP contribution is -2.33. The number of anilines is 1. The van der Waals surface area contributed by atoms with Crippen LogP contribution in [-0.4, -0.2) is 54.7 Å². The lowest BCUT2D eigenvalue weighted by molar-refractivity contribution is -0.125. The first-order valence-corrected chi connectivity index (χ1v) is 19.4. The Labute approximate surface area is 278 Å². The van der Waals surface area contributed by atoms with Crippen molar-refractivity contribution < 1.29 is 28.4 Å². The van der Waals surface area contributed by atoms with Crippen LogP contribution >= 0.6 is 29.2 Å². The average molecular weight is 680 g/mol. The summed E-state index contributed by atoms with van der Waals surface area (Å²) in [5.41, 5.74) is 5.02. The Bertz CT molecular complexity index is 1630. The van der Waals surface area contributed by atoms with Crippen LogP contribution in [0.2, 0.25) is 0 Å². The van der Waals surface area contributed by atoms with Crippen molar-refractivity contribution in [3.63, 3.8) is 0 Å². The van der Waals surface area contributed by atoms with E-state index in [1.165, 1.54) is 0 Å². The second-order valence-electron chi connectivity index (χ2n) is 10.7. The molecule has 3 N–H and O–H groups in total. The van der Waals surface area contributed by atoms with E-state index in [1.807, 2.05) is 60.7 Å². The summed E-state index contributed by atoms with van der Waals surface area (Å²) in [6.07, 6.45) is 0.643. The monoisotopic (exact) mass is 679 g/mol. The summed E-state index contributed by atoms with van der Waals surface area (Å²) in [4.78, 5) is 49.1. The van der Waals surface area contributed by atoms with E-state index in [1.54, 1.807) is 38.6 Å². The van der Waals surface area contributed by atoms with Gasteiger partial charge in [-0.2, -0.15) is 0 Å². The van der Waals surface area contributed by atoms with Crippen molar-refractivity contribution in [2.45, 2.75) is 38.0 Å². The van der Waals surface area contributed by atoms with E-state index >= 15 is 0 Å². The summed E-state index contributed by atoms with van der Waals surface area (Å²) in [7, 11) is -0.170. The second-order valence-corrected chi connectivity index (χ2v) is 15.4. The number of hydrogen-bond acceptors (Lipinski definition) is 7. The van der Waals surface area contributed by atoms with Gasteiger partial charge in [-0.3, -0.25) is 18.9 Å². The van der Waals surface area contributed by atoms with Gasteiger partial charge < -0.3 is 25.0 Å². The number of para-hydroxylation sites is 1. The second kappa shape index (κ2) is 17.4. The maximum Gasteiger partial charge on any atom is 0.325 e. The molecule has 0 saturated heterocycles. The van der Waals surface area contributed by atoms with Gasteiger partial charge in [0.05, 0.1) is 18.8 Å². The van der Waals surface area contributed by atoms with E-state index in [4.69, 9.17) is 9.42 Å². The Kier molecular flexibility index (Phi) is 13.4. The SMILES string of the molecule is CC(SSCCNC(=O)CCC(=O)N1Cc2ccccc2C#Cc2ccccc21)c1ccc(C(=O)NCCCOP(C)(=O)O)cc1. The summed E-state index contributed by atoms with van der Waals surface area (Å²) < 4.78 is 15.9. The molecule has 0 bridgehead atoms. The predicted molar refractivity (Wildman–Crippen MR) is 186 cm³/mol. The van der Waals surface area contributed by atoms with Crippen molar-refractivity contribution in [3.05, 3.63) is 101 Å². The molecule has 0 spiro atoms. The Morgan fingerprint density at radius 1 is 0.957 bits per heavy atom. The molecule has 3 aromatic carbocycles. The van der Waals surface area contributed by atoms with Gasteiger partial charge in [0.25, 0.3) is 5.91 Å². The van der Waals surface area contributed by atoms with Crippen molar-refractivity contribution >= 4 is 52.6 Å². The van der Waals surface area contributed by atoms with Crippen molar-refractivity contribution in [2.24, 2.45) is 0 Å². The number of hydrogen-bond donors (Lipinski definition) is 3. The fraction of sp³-hybridized carbons (Fsp3) is 0.324. The Morgan fingerprint density at radius 3 is 2.41 bits per heavy atom. The minimum Gasteiger partial charge on any atom is -0.355 e. The van der Waals surface area contributed by atoms with Gasteiger partial charge in [0.1, 0.15) is 0 Å². The molecule has 2 unspecified atom stereocenters. The molecule has 3 aromatic rings. The maximum atomic E-state index is 13.3. The molecule has 0 radical (unpaired) electrons. The summed E-state index contributed by atoms with van der Waals surface area (Å²) >= 11 is 0. The highest BCUT2D eigenvalue weighted by molar-refractivity contribution is 8.76. The molecule has 3 amide bonds. The molecule has 1 aliphatic heterocycles. The van der Waals surface area contributed by atoms with Crippen LogP contribution in [0.3, 0.4) is 0 Å². The fourth-order valence-corrected chi connectivity index (χ4v) is 7.31. The minimum absolute atomic E-state index is 0.0968. The number of benzene rings is 3. The third-order valence-electron chi connectivity index (χ3n) is 7.04. The van der Waals surface area contributed by atoms with Crippen molar-refractivity contribution in [2.75, 3.05) is 37.0 Å². The van der Waals surface area contributed by atoms with Gasteiger partial charge >= 0.3 is 7.60 Å². The highest BCUT2D eigenvalue weighted by Gasteiger charge is 2.22. The van der Waals surface area contributed by atoms with Gasteiger partial charge in [-0.1, -0.05) is 75.9 Å². The molecule has 0 aromatic heterocycles. The lowest BCUT2D eigenvalue weighted by Gasteiger charge is -2.26. The van der Waals surface area contributed by atoms with Crippen LogP contribution in [0.25, 0.3) is 0 Å². The Hall–Kier alpha value is -3.52. The first-order valence-electron chi connectivity index (χ1n) is 15.0. The smallest absolute Gasteiger partial charge is 0.325 e. The summed E-state index contributed by atoms with van der Waals surface area (Å²) in [6.45, 7) is 4.54. The van der Waals surface area contributed by atoms with Crippen LogP contribution < -0.4 is 15.5 Å². The predicted octanol–water partition coefficient (Wildman–Crippen LogP) is 5.92. The van der Waals surface area contributed by atoms with Crippen LogP contribution in [0.1, 0.15) is 64.0 Å². The quantitative estimate of drug-likeness (QED) is 0.0783. The van der Waals surface area contributed by atoms with Gasteiger partial charge in [0.2, 0.25) is 11.8 Å². The van der Waals surface area contributed by atoms with Gasteiger partial charge in [0.15, 0.2) is 0 Å². The number of amides is 3. The number of nitrogens with one attached hydrogen (secondary N) is 2. The van der Waals surface area contributed by atoms with Crippen LogP contribution in [0.15, 0.2) is 72.8 Å². The van der Waals surface area contributed by atoms with Crippen molar-refractivity contribution in [3.8, 4) is 11.8 Å². The summed E-state index contributed by atoms with van der Waals surface area (Å²) in [6, 6.07) is 22.8. The Morgan fingerprint density at radius 2 is 1.65 bits per heavy atom. The third-order valence-corrected chi connectivity index (χ3v) is 10.5. The fourth-order valence-electron chi connectivity index (χ4n) is 4.60. The molecular formula is C34H38N3O6PS2. The van der Waals surface area contributed by atoms with Crippen LogP contribution in [0.5, 0.6) is 0 Å². The highest BCUT2D eigenvalue weighted by Crippen LogP contribution is 2.37. The highest BCUT2D eigenvalue weighted by atomic mass is 33.1.